The Labute approximate surface area is 114 Å². The van der Waals surface area contributed by atoms with Crippen molar-refractivity contribution in [2.75, 3.05) is 13.6 Å². The minimum absolute atomic E-state index is 0.723. The van der Waals surface area contributed by atoms with E-state index < -0.39 is 0 Å². The first-order valence-corrected chi connectivity index (χ1v) is 6.54. The highest BCUT2D eigenvalue weighted by Crippen LogP contribution is 2.19. The highest BCUT2D eigenvalue weighted by atomic mass is 14.9. The number of aromatic nitrogens is 3. The standard InChI is InChI=1S/C15H20N4/c1-10-6-5-8-17-14(10)15-18-11(2)13(7-9-16-4)12(3)19-15/h5-6,8,16H,7,9H2,1-4H3. The van der Waals surface area contributed by atoms with Gasteiger partial charge in [-0.2, -0.15) is 0 Å². The van der Waals surface area contributed by atoms with Crippen molar-refractivity contribution in [2.24, 2.45) is 0 Å². The lowest BCUT2D eigenvalue weighted by molar-refractivity contribution is 0.774. The molecule has 100 valence electrons. The van der Waals surface area contributed by atoms with Gasteiger partial charge in [-0.05, 0) is 58.0 Å². The predicted molar refractivity (Wildman–Crippen MR) is 77.1 cm³/mol. The fourth-order valence-corrected chi connectivity index (χ4v) is 2.18. The highest BCUT2D eigenvalue weighted by molar-refractivity contribution is 5.55. The summed E-state index contributed by atoms with van der Waals surface area (Å²) in [7, 11) is 1.96. The third-order valence-corrected chi connectivity index (χ3v) is 3.27. The van der Waals surface area contributed by atoms with Crippen LogP contribution in [0.4, 0.5) is 0 Å². The van der Waals surface area contributed by atoms with Gasteiger partial charge in [0.1, 0.15) is 5.69 Å². The summed E-state index contributed by atoms with van der Waals surface area (Å²) in [6.07, 6.45) is 2.74. The van der Waals surface area contributed by atoms with E-state index in [-0.39, 0.29) is 0 Å². The van der Waals surface area contributed by atoms with Gasteiger partial charge in [-0.1, -0.05) is 6.07 Å². The molecule has 2 aromatic rings. The summed E-state index contributed by atoms with van der Waals surface area (Å²) in [5.41, 5.74) is 5.29. The van der Waals surface area contributed by atoms with E-state index in [2.05, 4.69) is 20.3 Å². The molecule has 4 nitrogen and oxygen atoms in total. The van der Waals surface area contributed by atoms with Crippen LogP contribution in [0.5, 0.6) is 0 Å². The highest BCUT2D eigenvalue weighted by Gasteiger charge is 2.11. The van der Waals surface area contributed by atoms with Crippen LogP contribution in [-0.4, -0.2) is 28.5 Å². The van der Waals surface area contributed by atoms with Crippen molar-refractivity contribution in [3.63, 3.8) is 0 Å². The molecule has 19 heavy (non-hydrogen) atoms. The van der Waals surface area contributed by atoms with E-state index in [0.29, 0.717) is 0 Å². The smallest absolute Gasteiger partial charge is 0.178 e. The van der Waals surface area contributed by atoms with Crippen LogP contribution >= 0.6 is 0 Å². The van der Waals surface area contributed by atoms with Gasteiger partial charge < -0.3 is 5.32 Å². The number of hydrogen-bond donors (Lipinski definition) is 1. The predicted octanol–water partition coefficient (Wildman–Crippen LogP) is 2.23. The summed E-state index contributed by atoms with van der Waals surface area (Å²) < 4.78 is 0. The van der Waals surface area contributed by atoms with Gasteiger partial charge in [0.25, 0.3) is 0 Å². The molecule has 0 saturated heterocycles. The van der Waals surface area contributed by atoms with E-state index in [1.807, 2.05) is 40.0 Å². The quantitative estimate of drug-likeness (QED) is 0.911. The van der Waals surface area contributed by atoms with Crippen LogP contribution in [0.15, 0.2) is 18.3 Å². The Hall–Kier alpha value is -1.81. The summed E-state index contributed by atoms with van der Waals surface area (Å²) in [6.45, 7) is 7.06. The molecule has 0 aliphatic rings. The summed E-state index contributed by atoms with van der Waals surface area (Å²) >= 11 is 0. The second-order valence-electron chi connectivity index (χ2n) is 4.72. The van der Waals surface area contributed by atoms with E-state index in [9.17, 15) is 0 Å². The maximum atomic E-state index is 4.62. The second kappa shape index (κ2) is 5.89. The zero-order valence-corrected chi connectivity index (χ0v) is 12.0. The van der Waals surface area contributed by atoms with Crippen LogP contribution in [0, 0.1) is 20.8 Å². The summed E-state index contributed by atoms with van der Waals surface area (Å²) in [6, 6.07) is 3.96. The van der Waals surface area contributed by atoms with Crippen molar-refractivity contribution in [3.8, 4) is 11.5 Å². The maximum Gasteiger partial charge on any atom is 0.178 e. The van der Waals surface area contributed by atoms with Crippen molar-refractivity contribution < 1.29 is 0 Å². The van der Waals surface area contributed by atoms with Crippen LogP contribution in [0.2, 0.25) is 0 Å². The van der Waals surface area contributed by atoms with E-state index in [0.717, 1.165) is 41.4 Å². The number of aryl methyl sites for hydroxylation is 3. The van der Waals surface area contributed by atoms with Crippen LogP contribution in [0.25, 0.3) is 11.5 Å². The molecule has 0 aromatic carbocycles. The SMILES string of the molecule is CNCCc1c(C)nc(-c2ncccc2C)nc1C. The lowest BCUT2D eigenvalue weighted by atomic mass is 10.1. The first-order valence-electron chi connectivity index (χ1n) is 6.54. The lowest BCUT2D eigenvalue weighted by Crippen LogP contribution is -2.13. The van der Waals surface area contributed by atoms with Gasteiger partial charge >= 0.3 is 0 Å². The van der Waals surface area contributed by atoms with Gasteiger partial charge in [0.2, 0.25) is 0 Å². The molecule has 0 spiro atoms. The Morgan fingerprint density at radius 1 is 1.11 bits per heavy atom. The molecule has 0 atom stereocenters. The van der Waals surface area contributed by atoms with Gasteiger partial charge in [-0.15, -0.1) is 0 Å². The third kappa shape index (κ3) is 2.96. The topological polar surface area (TPSA) is 50.7 Å². The Morgan fingerprint density at radius 3 is 2.37 bits per heavy atom. The van der Waals surface area contributed by atoms with Crippen molar-refractivity contribution in [1.82, 2.24) is 20.3 Å². The van der Waals surface area contributed by atoms with E-state index in [4.69, 9.17) is 0 Å². The van der Waals surface area contributed by atoms with Crippen molar-refractivity contribution in [1.29, 1.82) is 0 Å². The molecular formula is C15H20N4. The number of hydrogen-bond acceptors (Lipinski definition) is 4. The summed E-state index contributed by atoms with van der Waals surface area (Å²) in [5.74, 6) is 0.723. The Morgan fingerprint density at radius 2 is 1.79 bits per heavy atom. The van der Waals surface area contributed by atoms with Crippen LogP contribution in [-0.2, 0) is 6.42 Å². The molecule has 2 aromatic heterocycles. The minimum atomic E-state index is 0.723. The molecule has 1 N–H and O–H groups in total. The molecule has 0 radical (unpaired) electrons. The molecule has 2 heterocycles. The summed E-state index contributed by atoms with van der Waals surface area (Å²) in [4.78, 5) is 13.6. The monoisotopic (exact) mass is 256 g/mol. The third-order valence-electron chi connectivity index (χ3n) is 3.27. The molecule has 0 fully saturated rings. The van der Waals surface area contributed by atoms with Crippen LogP contribution < -0.4 is 5.32 Å². The van der Waals surface area contributed by atoms with Gasteiger partial charge in [-0.25, -0.2) is 9.97 Å². The fourth-order valence-electron chi connectivity index (χ4n) is 2.18. The van der Waals surface area contributed by atoms with Gasteiger partial charge in [-0.3, -0.25) is 4.98 Å². The fraction of sp³-hybridized carbons (Fsp3) is 0.400. The second-order valence-corrected chi connectivity index (χ2v) is 4.72. The molecule has 0 aliphatic heterocycles. The normalized spacial score (nSPS) is 10.7. The molecule has 4 heteroatoms. The van der Waals surface area contributed by atoms with Crippen LogP contribution in [0.3, 0.4) is 0 Å². The average Bonchev–Trinajstić information content (AvgIpc) is 2.38. The molecular weight excluding hydrogens is 236 g/mol. The zero-order chi connectivity index (χ0) is 13.8. The Bertz CT molecular complexity index is 555. The number of rotatable bonds is 4. The number of pyridine rings is 1. The van der Waals surface area contributed by atoms with Crippen LogP contribution in [0.1, 0.15) is 22.5 Å². The molecule has 0 saturated carbocycles. The first-order chi connectivity index (χ1) is 9.13. The van der Waals surface area contributed by atoms with E-state index in [1.165, 1.54) is 5.56 Å². The van der Waals surface area contributed by atoms with Crippen molar-refractivity contribution in [2.45, 2.75) is 27.2 Å². The molecule has 0 amide bonds. The molecule has 0 unspecified atom stereocenters. The molecule has 2 rings (SSSR count). The summed E-state index contributed by atoms with van der Waals surface area (Å²) in [5, 5.41) is 3.16. The molecule has 0 bridgehead atoms. The number of nitrogens with one attached hydrogen (secondary N) is 1. The maximum absolute atomic E-state index is 4.62. The largest absolute Gasteiger partial charge is 0.319 e. The van der Waals surface area contributed by atoms with Gasteiger partial charge in [0.15, 0.2) is 5.82 Å². The minimum Gasteiger partial charge on any atom is -0.319 e. The van der Waals surface area contributed by atoms with E-state index >= 15 is 0 Å². The zero-order valence-electron chi connectivity index (χ0n) is 12.0. The van der Waals surface area contributed by atoms with Crippen molar-refractivity contribution >= 4 is 0 Å². The van der Waals surface area contributed by atoms with Gasteiger partial charge in [0, 0.05) is 17.6 Å². The average molecular weight is 256 g/mol. The Kier molecular flexibility index (Phi) is 4.22. The lowest BCUT2D eigenvalue weighted by Gasteiger charge is -2.11. The number of likely N-dealkylation sites (N-methyl/N-ethyl adjacent to an activating group) is 1. The Balaban J connectivity index is 2.43. The first kappa shape index (κ1) is 13.6. The van der Waals surface area contributed by atoms with E-state index in [1.54, 1.807) is 6.20 Å². The molecule has 0 aliphatic carbocycles. The van der Waals surface area contributed by atoms with Crippen molar-refractivity contribution in [3.05, 3.63) is 40.8 Å². The van der Waals surface area contributed by atoms with Gasteiger partial charge in [0.05, 0.1) is 0 Å². The number of nitrogens with zero attached hydrogens (tertiary/aromatic N) is 3.